The van der Waals surface area contributed by atoms with Gasteiger partial charge in [-0.1, -0.05) is 0 Å². The number of nitrogens with one attached hydrogen (secondary N) is 1. The lowest BCUT2D eigenvalue weighted by Crippen LogP contribution is -2.29. The molecule has 0 saturated carbocycles. The van der Waals surface area contributed by atoms with E-state index >= 15 is 0 Å². The summed E-state index contributed by atoms with van der Waals surface area (Å²) in [6, 6.07) is 2.51. The molecule has 7 heteroatoms. The molecule has 1 aliphatic rings. The summed E-state index contributed by atoms with van der Waals surface area (Å²) in [6.07, 6.45) is 0.629. The molecule has 1 amide bonds. The van der Waals surface area contributed by atoms with E-state index in [1.54, 1.807) is 12.0 Å². The minimum atomic E-state index is -0.646. The fourth-order valence-electron chi connectivity index (χ4n) is 2.35. The maximum Gasteiger partial charge on any atom is 0.240 e. The van der Waals surface area contributed by atoms with E-state index in [4.69, 9.17) is 4.74 Å². The van der Waals surface area contributed by atoms with E-state index in [9.17, 15) is 13.6 Å². The van der Waals surface area contributed by atoms with Crippen molar-refractivity contribution >= 4 is 17.3 Å². The highest BCUT2D eigenvalue weighted by atomic mass is 19.1. The van der Waals surface area contributed by atoms with Crippen LogP contribution in [0.3, 0.4) is 0 Å². The summed E-state index contributed by atoms with van der Waals surface area (Å²) in [5.74, 6) is -1.49. The molecular formula is C15H19F2N3O2. The van der Waals surface area contributed by atoms with Gasteiger partial charge in [0.05, 0.1) is 12.3 Å². The number of ether oxygens (including phenoxy) is 1. The summed E-state index contributed by atoms with van der Waals surface area (Å²) >= 11 is 0. The predicted octanol–water partition coefficient (Wildman–Crippen LogP) is 2.05. The summed E-state index contributed by atoms with van der Waals surface area (Å²) in [7, 11) is 1.54. The molecule has 0 saturated heterocycles. The number of likely N-dealkylation sites (N-methyl/N-ethyl adjacent to an activating group) is 1. The Bertz CT molecular complexity index is 567. The van der Waals surface area contributed by atoms with Crippen molar-refractivity contribution < 1.29 is 18.3 Å². The van der Waals surface area contributed by atoms with Crippen LogP contribution >= 0.6 is 0 Å². The third-order valence-electron chi connectivity index (χ3n) is 3.52. The lowest BCUT2D eigenvalue weighted by atomic mass is 10.0. The highest BCUT2D eigenvalue weighted by molar-refractivity contribution is 6.04. The van der Waals surface area contributed by atoms with E-state index in [1.165, 1.54) is 12.1 Å². The number of halogens is 2. The molecule has 2 rings (SSSR count). The van der Waals surface area contributed by atoms with Crippen LogP contribution in [-0.2, 0) is 9.53 Å². The smallest absolute Gasteiger partial charge is 0.240 e. The molecule has 0 fully saturated rings. The number of hydrogen-bond acceptors (Lipinski definition) is 4. The fourth-order valence-corrected chi connectivity index (χ4v) is 2.35. The van der Waals surface area contributed by atoms with Crippen molar-refractivity contribution in [2.45, 2.75) is 19.8 Å². The topological polar surface area (TPSA) is 53.9 Å². The van der Waals surface area contributed by atoms with Gasteiger partial charge in [-0.3, -0.25) is 4.79 Å². The molecule has 120 valence electrons. The molecule has 0 atom stereocenters. The molecule has 22 heavy (non-hydrogen) atoms. The van der Waals surface area contributed by atoms with Gasteiger partial charge in [-0.05, 0) is 19.1 Å². The van der Waals surface area contributed by atoms with Crippen LogP contribution in [0.1, 0.15) is 25.3 Å². The molecule has 0 radical (unpaired) electrons. The van der Waals surface area contributed by atoms with Crippen LogP contribution in [0.4, 0.5) is 14.5 Å². The first-order valence-corrected chi connectivity index (χ1v) is 7.15. The fraction of sp³-hybridized carbons (Fsp3) is 0.467. The van der Waals surface area contributed by atoms with Crippen LogP contribution < -0.4 is 10.3 Å². The quantitative estimate of drug-likeness (QED) is 0.875. The number of anilines is 1. The van der Waals surface area contributed by atoms with Crippen molar-refractivity contribution in [1.29, 1.82) is 0 Å². The first-order valence-electron chi connectivity index (χ1n) is 7.15. The number of nitrogens with zero attached hydrogens (tertiary/aromatic N) is 2. The highest BCUT2D eigenvalue weighted by Crippen LogP contribution is 2.26. The number of methoxy groups -OCH3 is 1. The molecule has 0 spiro atoms. The molecule has 1 aromatic carbocycles. The van der Waals surface area contributed by atoms with E-state index in [-0.39, 0.29) is 18.0 Å². The molecule has 1 heterocycles. The van der Waals surface area contributed by atoms with Crippen LogP contribution in [0.2, 0.25) is 0 Å². The van der Waals surface area contributed by atoms with Gasteiger partial charge in [0.1, 0.15) is 17.3 Å². The molecular weight excluding hydrogens is 292 g/mol. The summed E-state index contributed by atoms with van der Waals surface area (Å²) in [6.45, 7) is 3.07. The van der Waals surface area contributed by atoms with E-state index in [0.29, 0.717) is 37.4 Å². The largest absolute Gasteiger partial charge is 0.383 e. The first-order chi connectivity index (χ1) is 10.6. The minimum Gasteiger partial charge on any atom is -0.383 e. The zero-order valence-corrected chi connectivity index (χ0v) is 12.7. The predicted molar refractivity (Wildman–Crippen MR) is 80.0 cm³/mol. The third-order valence-corrected chi connectivity index (χ3v) is 3.52. The Kier molecular flexibility index (Phi) is 5.43. The van der Waals surface area contributed by atoms with Crippen LogP contribution in [0.25, 0.3) is 0 Å². The Balaban J connectivity index is 2.30. The average Bonchev–Trinajstić information content (AvgIpc) is 2.50. The van der Waals surface area contributed by atoms with Gasteiger partial charge >= 0.3 is 0 Å². The number of benzene rings is 1. The van der Waals surface area contributed by atoms with Crippen LogP contribution in [0.15, 0.2) is 17.2 Å². The Hall–Kier alpha value is -2.02. The maximum atomic E-state index is 14.3. The molecule has 0 aromatic heterocycles. The third kappa shape index (κ3) is 3.59. The number of amides is 1. The second-order valence-corrected chi connectivity index (χ2v) is 4.95. The summed E-state index contributed by atoms with van der Waals surface area (Å²) in [4.78, 5) is 12.7. The number of carbonyl (C=O) groups is 1. The second kappa shape index (κ2) is 7.31. The van der Waals surface area contributed by atoms with Crippen molar-refractivity contribution in [2.75, 3.05) is 31.7 Å². The number of carbonyl (C=O) groups excluding carboxylic acids is 1. The Morgan fingerprint density at radius 2 is 2.00 bits per heavy atom. The Morgan fingerprint density at radius 3 is 2.50 bits per heavy atom. The summed E-state index contributed by atoms with van der Waals surface area (Å²) in [5, 5.41) is 3.86. The van der Waals surface area contributed by atoms with E-state index in [2.05, 4.69) is 10.5 Å². The minimum absolute atomic E-state index is 0.0660. The Morgan fingerprint density at radius 1 is 1.32 bits per heavy atom. The molecule has 0 bridgehead atoms. The number of rotatable bonds is 6. The molecule has 1 aliphatic heterocycles. The molecule has 1 N–H and O–H groups in total. The maximum absolute atomic E-state index is 14.3. The number of hydrazone groups is 1. The van der Waals surface area contributed by atoms with Crippen molar-refractivity contribution in [3.05, 3.63) is 29.3 Å². The van der Waals surface area contributed by atoms with Crippen LogP contribution in [0, 0.1) is 11.6 Å². The second-order valence-electron chi connectivity index (χ2n) is 4.95. The zero-order valence-electron chi connectivity index (χ0n) is 12.7. The standard InChI is InChI=1S/C15H19F2N3O2/c1-3-20(6-7-22-2)15-11(16)8-10(9-12(15)17)13-4-5-14(21)19-18-13/h8-9H,3-7H2,1-2H3,(H,19,21). The monoisotopic (exact) mass is 311 g/mol. The Labute approximate surface area is 127 Å². The van der Waals surface area contributed by atoms with Gasteiger partial charge in [0, 0.05) is 38.6 Å². The lowest BCUT2D eigenvalue weighted by molar-refractivity contribution is -0.121. The van der Waals surface area contributed by atoms with Gasteiger partial charge < -0.3 is 9.64 Å². The average molecular weight is 311 g/mol. The molecule has 0 aliphatic carbocycles. The van der Waals surface area contributed by atoms with Gasteiger partial charge in [0.15, 0.2) is 0 Å². The van der Waals surface area contributed by atoms with Crippen molar-refractivity contribution in [3.63, 3.8) is 0 Å². The highest BCUT2D eigenvalue weighted by Gasteiger charge is 2.20. The van der Waals surface area contributed by atoms with Crippen molar-refractivity contribution in [2.24, 2.45) is 5.10 Å². The number of hydrogen-bond donors (Lipinski definition) is 1. The van der Waals surface area contributed by atoms with Crippen molar-refractivity contribution in [3.8, 4) is 0 Å². The van der Waals surface area contributed by atoms with Gasteiger partial charge in [-0.2, -0.15) is 5.10 Å². The van der Waals surface area contributed by atoms with E-state index in [1.807, 2.05) is 6.92 Å². The van der Waals surface area contributed by atoms with E-state index in [0.717, 1.165) is 0 Å². The molecule has 5 nitrogen and oxygen atoms in total. The molecule has 1 aromatic rings. The van der Waals surface area contributed by atoms with Crippen LogP contribution in [-0.4, -0.2) is 38.4 Å². The normalized spacial score (nSPS) is 14.5. The van der Waals surface area contributed by atoms with E-state index < -0.39 is 11.6 Å². The van der Waals surface area contributed by atoms with Crippen molar-refractivity contribution in [1.82, 2.24) is 5.43 Å². The van der Waals surface area contributed by atoms with Gasteiger partial charge in [-0.15, -0.1) is 0 Å². The summed E-state index contributed by atoms with van der Waals surface area (Å²) < 4.78 is 33.6. The lowest BCUT2D eigenvalue weighted by Gasteiger charge is -2.24. The van der Waals surface area contributed by atoms with Gasteiger partial charge in [0.2, 0.25) is 5.91 Å². The van der Waals surface area contributed by atoms with Gasteiger partial charge in [0.25, 0.3) is 0 Å². The SMILES string of the molecule is CCN(CCOC)c1c(F)cc(C2=NNC(=O)CC2)cc1F. The molecule has 0 unspecified atom stereocenters. The summed E-state index contributed by atoms with van der Waals surface area (Å²) in [5.41, 5.74) is 3.08. The van der Waals surface area contributed by atoms with Crippen LogP contribution in [0.5, 0.6) is 0 Å². The zero-order chi connectivity index (χ0) is 16.1. The van der Waals surface area contributed by atoms with Gasteiger partial charge in [-0.25, -0.2) is 14.2 Å². The first kappa shape index (κ1) is 16.4.